The number of thiophene rings is 1. The first-order valence-electron chi connectivity index (χ1n) is 7.43. The predicted molar refractivity (Wildman–Crippen MR) is 94.2 cm³/mol. The predicted octanol–water partition coefficient (Wildman–Crippen LogP) is 4.58. The van der Waals surface area contributed by atoms with Crippen molar-refractivity contribution in [1.82, 2.24) is 5.32 Å². The maximum Gasteiger partial charge on any atom is 0.0519 e. The molecule has 1 aromatic heterocycles. The highest BCUT2D eigenvalue weighted by Crippen LogP contribution is 2.24. The molecule has 0 atom stereocenters. The smallest absolute Gasteiger partial charge is 0.0519 e. The number of nitrogens with one attached hydrogen (secondary N) is 1. The molecule has 0 amide bonds. The van der Waals surface area contributed by atoms with Crippen LogP contribution in [0.4, 0.5) is 5.69 Å². The van der Waals surface area contributed by atoms with Crippen molar-refractivity contribution < 1.29 is 0 Å². The molecule has 2 rings (SSSR count). The normalized spacial score (nSPS) is 11.7. The van der Waals surface area contributed by atoms with Crippen molar-refractivity contribution in [1.29, 1.82) is 0 Å². The highest BCUT2D eigenvalue weighted by atomic mass is 32.1. The molecule has 1 N–H and O–H groups in total. The Labute approximate surface area is 132 Å². The molecular formula is C18H26N2S. The number of benzene rings is 1. The number of hydrogen-bond acceptors (Lipinski definition) is 3. The minimum atomic E-state index is 0.132. The molecule has 0 aliphatic rings. The molecule has 114 valence electrons. The standard InChI is InChI=1S/C18H26N2S/c1-14-8-9-17(15(11-14)12-19-18(2,3)4)20(5)13-16-7-6-10-21-16/h6-11,19H,12-13H2,1-5H3. The first-order valence-corrected chi connectivity index (χ1v) is 8.31. The van der Waals surface area contributed by atoms with Gasteiger partial charge in [-0.15, -0.1) is 11.3 Å². The second kappa shape index (κ2) is 6.63. The summed E-state index contributed by atoms with van der Waals surface area (Å²) in [7, 11) is 2.17. The van der Waals surface area contributed by atoms with Crippen molar-refractivity contribution in [2.24, 2.45) is 0 Å². The summed E-state index contributed by atoms with van der Waals surface area (Å²) in [4.78, 5) is 3.73. The van der Waals surface area contributed by atoms with E-state index < -0.39 is 0 Å². The average Bonchev–Trinajstić information content (AvgIpc) is 2.88. The molecule has 0 unspecified atom stereocenters. The fourth-order valence-electron chi connectivity index (χ4n) is 2.31. The van der Waals surface area contributed by atoms with Gasteiger partial charge in [0.05, 0.1) is 6.54 Å². The van der Waals surface area contributed by atoms with Crippen LogP contribution >= 0.6 is 11.3 Å². The lowest BCUT2D eigenvalue weighted by Crippen LogP contribution is -2.35. The third kappa shape index (κ3) is 4.87. The van der Waals surface area contributed by atoms with E-state index in [0.29, 0.717) is 0 Å². The molecular weight excluding hydrogens is 276 g/mol. The molecule has 3 heteroatoms. The van der Waals surface area contributed by atoms with Crippen molar-refractivity contribution in [3.8, 4) is 0 Å². The number of nitrogens with zero attached hydrogens (tertiary/aromatic N) is 1. The number of rotatable bonds is 5. The molecule has 0 fully saturated rings. The van der Waals surface area contributed by atoms with Gasteiger partial charge in [-0.25, -0.2) is 0 Å². The highest BCUT2D eigenvalue weighted by Gasteiger charge is 2.13. The summed E-state index contributed by atoms with van der Waals surface area (Å²) >= 11 is 1.82. The van der Waals surface area contributed by atoms with Crippen LogP contribution in [0.1, 0.15) is 36.8 Å². The van der Waals surface area contributed by atoms with Gasteiger partial charge in [0.2, 0.25) is 0 Å². The van der Waals surface area contributed by atoms with Crippen LogP contribution < -0.4 is 10.2 Å². The molecule has 0 radical (unpaired) electrons. The second-order valence-corrected chi connectivity index (χ2v) is 7.70. The lowest BCUT2D eigenvalue weighted by atomic mass is 10.1. The molecule has 0 aliphatic carbocycles. The van der Waals surface area contributed by atoms with Crippen LogP contribution in [0, 0.1) is 6.92 Å². The van der Waals surface area contributed by atoms with Gasteiger partial charge in [0.15, 0.2) is 0 Å². The van der Waals surface area contributed by atoms with Gasteiger partial charge in [0.25, 0.3) is 0 Å². The molecule has 0 spiro atoms. The van der Waals surface area contributed by atoms with Gasteiger partial charge in [-0.1, -0.05) is 23.8 Å². The Morgan fingerprint density at radius 3 is 2.57 bits per heavy atom. The van der Waals surface area contributed by atoms with Gasteiger partial charge in [-0.05, 0) is 50.8 Å². The van der Waals surface area contributed by atoms with Crippen molar-refractivity contribution in [2.45, 2.75) is 46.3 Å². The SMILES string of the molecule is Cc1ccc(N(C)Cc2cccs2)c(CNC(C)(C)C)c1. The average molecular weight is 302 g/mol. The van der Waals surface area contributed by atoms with Gasteiger partial charge in [-0.3, -0.25) is 0 Å². The van der Waals surface area contributed by atoms with E-state index in [-0.39, 0.29) is 5.54 Å². The van der Waals surface area contributed by atoms with Crippen LogP contribution in [-0.2, 0) is 13.1 Å². The summed E-state index contributed by atoms with van der Waals surface area (Å²) in [6.45, 7) is 10.6. The number of hydrogen-bond donors (Lipinski definition) is 1. The van der Waals surface area contributed by atoms with Crippen LogP contribution in [0.5, 0.6) is 0 Å². The quantitative estimate of drug-likeness (QED) is 0.869. The Hall–Kier alpha value is -1.32. The zero-order chi connectivity index (χ0) is 15.5. The zero-order valence-corrected chi connectivity index (χ0v) is 14.6. The number of aryl methyl sites for hydroxylation is 1. The summed E-state index contributed by atoms with van der Waals surface area (Å²) in [6.07, 6.45) is 0. The monoisotopic (exact) mass is 302 g/mol. The molecule has 1 aromatic carbocycles. The highest BCUT2D eigenvalue weighted by molar-refractivity contribution is 7.09. The third-order valence-electron chi connectivity index (χ3n) is 3.43. The molecule has 1 heterocycles. The van der Waals surface area contributed by atoms with Gasteiger partial charge >= 0.3 is 0 Å². The maximum absolute atomic E-state index is 3.60. The summed E-state index contributed by atoms with van der Waals surface area (Å²) in [6, 6.07) is 11.0. The van der Waals surface area contributed by atoms with Crippen molar-refractivity contribution in [2.75, 3.05) is 11.9 Å². The van der Waals surface area contributed by atoms with E-state index in [1.807, 2.05) is 11.3 Å². The minimum absolute atomic E-state index is 0.132. The van der Waals surface area contributed by atoms with Crippen LogP contribution in [0.3, 0.4) is 0 Å². The first-order chi connectivity index (χ1) is 9.85. The fraction of sp³-hybridized carbons (Fsp3) is 0.444. The van der Waals surface area contributed by atoms with Crippen molar-refractivity contribution >= 4 is 17.0 Å². The zero-order valence-electron chi connectivity index (χ0n) is 13.7. The van der Waals surface area contributed by atoms with Crippen LogP contribution in [0.15, 0.2) is 35.7 Å². The van der Waals surface area contributed by atoms with E-state index >= 15 is 0 Å². The lowest BCUT2D eigenvalue weighted by molar-refractivity contribution is 0.424. The summed E-state index contributed by atoms with van der Waals surface area (Å²) < 4.78 is 0. The number of anilines is 1. The van der Waals surface area contributed by atoms with E-state index in [4.69, 9.17) is 0 Å². The van der Waals surface area contributed by atoms with Crippen LogP contribution in [0.25, 0.3) is 0 Å². The summed E-state index contributed by atoms with van der Waals surface area (Å²) in [5.74, 6) is 0. The van der Waals surface area contributed by atoms with Gasteiger partial charge < -0.3 is 10.2 Å². The van der Waals surface area contributed by atoms with Gasteiger partial charge in [-0.2, -0.15) is 0 Å². The van der Waals surface area contributed by atoms with E-state index in [1.165, 1.54) is 21.7 Å². The lowest BCUT2D eigenvalue weighted by Gasteiger charge is -2.26. The largest absolute Gasteiger partial charge is 0.369 e. The Balaban J connectivity index is 2.17. The van der Waals surface area contributed by atoms with E-state index in [1.54, 1.807) is 0 Å². The molecule has 0 aliphatic heterocycles. The molecule has 21 heavy (non-hydrogen) atoms. The molecule has 0 saturated carbocycles. The first kappa shape index (κ1) is 16.1. The third-order valence-corrected chi connectivity index (χ3v) is 4.29. The van der Waals surface area contributed by atoms with Gasteiger partial charge in [0, 0.05) is 29.7 Å². The van der Waals surface area contributed by atoms with Gasteiger partial charge in [0.1, 0.15) is 0 Å². The molecule has 2 nitrogen and oxygen atoms in total. The molecule has 0 saturated heterocycles. The van der Waals surface area contributed by atoms with Crippen LogP contribution in [-0.4, -0.2) is 12.6 Å². The molecule has 0 bridgehead atoms. The maximum atomic E-state index is 3.60. The molecule has 2 aromatic rings. The Morgan fingerprint density at radius 1 is 1.19 bits per heavy atom. The summed E-state index contributed by atoms with van der Waals surface area (Å²) in [5, 5.41) is 5.73. The summed E-state index contributed by atoms with van der Waals surface area (Å²) in [5.41, 5.74) is 4.12. The Kier molecular flexibility index (Phi) is 5.07. The Bertz CT molecular complexity index is 567. The van der Waals surface area contributed by atoms with Crippen molar-refractivity contribution in [3.05, 3.63) is 51.7 Å². The minimum Gasteiger partial charge on any atom is -0.369 e. The fourth-order valence-corrected chi connectivity index (χ4v) is 3.07. The van der Waals surface area contributed by atoms with E-state index in [9.17, 15) is 0 Å². The van der Waals surface area contributed by atoms with Crippen molar-refractivity contribution in [3.63, 3.8) is 0 Å². The van der Waals surface area contributed by atoms with Crippen LogP contribution in [0.2, 0.25) is 0 Å². The second-order valence-electron chi connectivity index (χ2n) is 6.67. The topological polar surface area (TPSA) is 15.3 Å². The van der Waals surface area contributed by atoms with E-state index in [2.05, 4.69) is 80.7 Å². The van der Waals surface area contributed by atoms with E-state index in [0.717, 1.165) is 13.1 Å². The Morgan fingerprint density at radius 2 is 1.95 bits per heavy atom.